The number of fused-ring (bicyclic) bond motifs is 1. The van der Waals surface area contributed by atoms with Crippen LogP contribution in [-0.4, -0.2) is 16.7 Å². The Kier molecular flexibility index (Phi) is 3.28. The minimum atomic E-state index is -0.0603. The highest BCUT2D eigenvalue weighted by Crippen LogP contribution is 2.31. The topological polar surface area (TPSA) is 36.0 Å². The number of aromatic amines is 1. The van der Waals surface area contributed by atoms with Crippen molar-refractivity contribution in [1.29, 1.82) is 0 Å². The molecule has 2 N–H and O–H groups in total. The molecule has 0 aliphatic rings. The zero-order valence-corrected chi connectivity index (χ0v) is 11.1. The van der Waals surface area contributed by atoms with Crippen molar-refractivity contribution in [2.24, 2.45) is 0 Å². The average molecular weight is 272 g/mol. The van der Waals surface area contributed by atoms with E-state index in [0.29, 0.717) is 5.02 Å². The van der Waals surface area contributed by atoms with E-state index in [0.717, 1.165) is 22.0 Å². The maximum absolute atomic E-state index is 9.74. The number of benzene rings is 2. The van der Waals surface area contributed by atoms with Gasteiger partial charge in [-0.05, 0) is 29.3 Å². The van der Waals surface area contributed by atoms with Crippen molar-refractivity contribution in [1.82, 2.24) is 4.98 Å². The number of aromatic nitrogens is 1. The molecular formula is C16H14ClNO. The number of aliphatic hydroxyl groups is 1. The minimum Gasteiger partial charge on any atom is -0.395 e. The van der Waals surface area contributed by atoms with Crippen molar-refractivity contribution in [3.63, 3.8) is 0 Å². The fraction of sp³-hybridized carbons (Fsp3) is 0.125. The molecule has 0 bridgehead atoms. The van der Waals surface area contributed by atoms with Gasteiger partial charge in [0, 0.05) is 28.0 Å². The van der Waals surface area contributed by atoms with Crippen molar-refractivity contribution in [2.75, 3.05) is 6.61 Å². The van der Waals surface area contributed by atoms with Crippen molar-refractivity contribution in [2.45, 2.75) is 5.92 Å². The molecule has 1 aromatic heterocycles. The lowest BCUT2D eigenvalue weighted by molar-refractivity contribution is 0.281. The van der Waals surface area contributed by atoms with E-state index in [9.17, 15) is 5.11 Å². The van der Waals surface area contributed by atoms with Crippen LogP contribution in [0.15, 0.2) is 54.7 Å². The third-order valence-electron chi connectivity index (χ3n) is 3.43. The number of rotatable bonds is 3. The first-order valence-corrected chi connectivity index (χ1v) is 6.59. The molecule has 1 atom stereocenters. The van der Waals surface area contributed by atoms with Crippen molar-refractivity contribution in [3.8, 4) is 0 Å². The molecule has 1 heterocycles. The Morgan fingerprint density at radius 3 is 2.74 bits per heavy atom. The van der Waals surface area contributed by atoms with Gasteiger partial charge in [-0.15, -0.1) is 0 Å². The first-order valence-electron chi connectivity index (χ1n) is 6.22. The van der Waals surface area contributed by atoms with E-state index in [1.165, 1.54) is 0 Å². The van der Waals surface area contributed by atoms with Crippen LogP contribution >= 0.6 is 11.6 Å². The Balaban J connectivity index is 2.12. The molecule has 0 spiro atoms. The van der Waals surface area contributed by atoms with Crippen molar-refractivity contribution < 1.29 is 5.11 Å². The van der Waals surface area contributed by atoms with E-state index in [1.807, 2.05) is 48.7 Å². The van der Waals surface area contributed by atoms with Crippen LogP contribution < -0.4 is 0 Å². The van der Waals surface area contributed by atoms with Gasteiger partial charge in [-0.1, -0.05) is 41.9 Å². The number of hydrogen-bond acceptors (Lipinski definition) is 1. The van der Waals surface area contributed by atoms with Crippen LogP contribution in [0, 0.1) is 0 Å². The fourth-order valence-corrected chi connectivity index (χ4v) is 2.69. The summed E-state index contributed by atoms with van der Waals surface area (Å²) in [5.74, 6) is -0.0603. The van der Waals surface area contributed by atoms with Crippen LogP contribution in [0.4, 0.5) is 0 Å². The maximum atomic E-state index is 9.74. The smallest absolute Gasteiger partial charge is 0.0541 e. The number of para-hydroxylation sites is 1. The normalized spacial score (nSPS) is 12.7. The first-order chi connectivity index (χ1) is 9.29. The van der Waals surface area contributed by atoms with Gasteiger partial charge in [0.25, 0.3) is 0 Å². The van der Waals surface area contributed by atoms with Gasteiger partial charge in [0.05, 0.1) is 6.61 Å². The van der Waals surface area contributed by atoms with Gasteiger partial charge in [-0.3, -0.25) is 0 Å². The minimum absolute atomic E-state index is 0.0577. The Morgan fingerprint density at radius 2 is 1.95 bits per heavy atom. The highest BCUT2D eigenvalue weighted by Gasteiger charge is 2.17. The molecule has 0 radical (unpaired) electrons. The van der Waals surface area contributed by atoms with E-state index in [2.05, 4.69) is 11.1 Å². The molecule has 0 aliphatic heterocycles. The summed E-state index contributed by atoms with van der Waals surface area (Å²) in [7, 11) is 0. The Bertz CT molecular complexity index is 705. The summed E-state index contributed by atoms with van der Waals surface area (Å²) >= 11 is 6.04. The zero-order chi connectivity index (χ0) is 13.2. The summed E-state index contributed by atoms with van der Waals surface area (Å²) in [6.07, 6.45) is 1.96. The Labute approximate surface area is 116 Å². The van der Waals surface area contributed by atoms with Gasteiger partial charge in [0.15, 0.2) is 0 Å². The van der Waals surface area contributed by atoms with Crippen molar-refractivity contribution >= 4 is 22.5 Å². The van der Waals surface area contributed by atoms with E-state index in [-0.39, 0.29) is 12.5 Å². The lowest BCUT2D eigenvalue weighted by Crippen LogP contribution is -2.05. The van der Waals surface area contributed by atoms with Gasteiger partial charge in [0.1, 0.15) is 0 Å². The molecule has 3 aromatic rings. The molecular weight excluding hydrogens is 258 g/mol. The average Bonchev–Trinajstić information content (AvgIpc) is 2.84. The van der Waals surface area contributed by atoms with Gasteiger partial charge in [-0.25, -0.2) is 0 Å². The van der Waals surface area contributed by atoms with Gasteiger partial charge < -0.3 is 10.1 Å². The number of aliphatic hydroxyl groups excluding tert-OH is 1. The van der Waals surface area contributed by atoms with Crippen molar-refractivity contribution in [3.05, 3.63) is 70.9 Å². The molecule has 0 fully saturated rings. The largest absolute Gasteiger partial charge is 0.395 e. The fourth-order valence-electron chi connectivity index (χ4n) is 2.49. The van der Waals surface area contributed by atoms with E-state index >= 15 is 0 Å². The molecule has 3 heteroatoms. The van der Waals surface area contributed by atoms with Crippen LogP contribution in [-0.2, 0) is 0 Å². The van der Waals surface area contributed by atoms with Gasteiger partial charge in [0.2, 0.25) is 0 Å². The Morgan fingerprint density at radius 1 is 1.11 bits per heavy atom. The van der Waals surface area contributed by atoms with E-state index in [4.69, 9.17) is 11.6 Å². The highest BCUT2D eigenvalue weighted by molar-refractivity contribution is 6.30. The van der Waals surface area contributed by atoms with E-state index in [1.54, 1.807) is 0 Å². The van der Waals surface area contributed by atoms with Crippen LogP contribution in [0.2, 0.25) is 5.02 Å². The third-order valence-corrected chi connectivity index (χ3v) is 3.67. The molecule has 19 heavy (non-hydrogen) atoms. The summed E-state index contributed by atoms with van der Waals surface area (Å²) in [5.41, 5.74) is 3.21. The maximum Gasteiger partial charge on any atom is 0.0541 e. The lowest BCUT2D eigenvalue weighted by atomic mass is 9.92. The second-order valence-corrected chi connectivity index (χ2v) is 5.02. The standard InChI is InChI=1S/C16H14ClNO/c17-12-5-3-4-11(8-12)15(10-19)14-9-18-16-7-2-1-6-13(14)16/h1-9,15,18-19H,10H2/t15-/m1/s1. The van der Waals surface area contributed by atoms with Gasteiger partial charge >= 0.3 is 0 Å². The monoisotopic (exact) mass is 271 g/mol. The van der Waals surface area contributed by atoms with Crippen LogP contribution in [0.3, 0.4) is 0 Å². The highest BCUT2D eigenvalue weighted by atomic mass is 35.5. The predicted molar refractivity (Wildman–Crippen MR) is 78.7 cm³/mol. The van der Waals surface area contributed by atoms with Crippen LogP contribution in [0.5, 0.6) is 0 Å². The number of halogens is 1. The SMILES string of the molecule is OC[C@H](c1cccc(Cl)c1)c1c[nH]c2ccccc12. The second kappa shape index (κ2) is 5.08. The summed E-state index contributed by atoms with van der Waals surface area (Å²) in [6.45, 7) is 0.0577. The molecule has 3 rings (SSSR count). The number of hydrogen-bond donors (Lipinski definition) is 2. The number of H-pyrrole nitrogens is 1. The van der Waals surface area contributed by atoms with Crippen LogP contribution in [0.1, 0.15) is 17.0 Å². The predicted octanol–water partition coefficient (Wildman–Crippen LogP) is 3.95. The van der Waals surface area contributed by atoms with E-state index < -0.39 is 0 Å². The Hall–Kier alpha value is -1.77. The molecule has 0 saturated carbocycles. The summed E-state index contributed by atoms with van der Waals surface area (Å²) in [5, 5.41) is 11.6. The molecule has 2 nitrogen and oxygen atoms in total. The first kappa shape index (κ1) is 12.3. The quantitative estimate of drug-likeness (QED) is 0.744. The molecule has 0 unspecified atom stereocenters. The summed E-state index contributed by atoms with van der Waals surface area (Å²) in [4.78, 5) is 3.24. The molecule has 2 aromatic carbocycles. The molecule has 0 amide bonds. The molecule has 0 aliphatic carbocycles. The summed E-state index contributed by atoms with van der Waals surface area (Å²) < 4.78 is 0. The molecule has 0 saturated heterocycles. The van der Waals surface area contributed by atoms with Gasteiger partial charge in [-0.2, -0.15) is 0 Å². The van der Waals surface area contributed by atoms with Crippen LogP contribution in [0.25, 0.3) is 10.9 Å². The summed E-state index contributed by atoms with van der Waals surface area (Å²) in [6, 6.07) is 15.8. The molecule has 96 valence electrons. The zero-order valence-electron chi connectivity index (χ0n) is 10.3. The lowest BCUT2D eigenvalue weighted by Gasteiger charge is -2.14. The number of nitrogens with one attached hydrogen (secondary N) is 1. The second-order valence-electron chi connectivity index (χ2n) is 4.58. The third kappa shape index (κ3) is 2.25.